The lowest BCUT2D eigenvalue weighted by Crippen LogP contribution is -2.27. The summed E-state index contributed by atoms with van der Waals surface area (Å²) in [5.74, 6) is 0.427. The average Bonchev–Trinajstić information content (AvgIpc) is 2.48. The van der Waals surface area contributed by atoms with Gasteiger partial charge in [-0.3, -0.25) is 15.3 Å². The Balaban J connectivity index is 1.96. The summed E-state index contributed by atoms with van der Waals surface area (Å²) in [6.45, 7) is 0.595. The van der Waals surface area contributed by atoms with Crippen molar-refractivity contribution in [1.29, 1.82) is 5.26 Å². The number of hydrogen-bond donors (Lipinski definition) is 2. The topological polar surface area (TPSA) is 73.1 Å². The summed E-state index contributed by atoms with van der Waals surface area (Å²) in [4.78, 5) is 8.38. The zero-order valence-corrected chi connectivity index (χ0v) is 13.4. The largest absolute Gasteiger partial charge is 0.324 e. The predicted molar refractivity (Wildman–Crippen MR) is 91.8 cm³/mol. The summed E-state index contributed by atoms with van der Waals surface area (Å²) in [6.07, 6.45) is 6.07. The fraction of sp³-hybridized carbons (Fsp3) is 0.133. The molecule has 1 heterocycles. The number of nitrogens with zero attached hydrogens (tertiary/aromatic N) is 3. The van der Waals surface area contributed by atoms with Crippen LogP contribution in [0.15, 0.2) is 53.8 Å². The molecular formula is C15H14IN5. The summed E-state index contributed by atoms with van der Waals surface area (Å²) >= 11 is 2.29. The molecule has 0 aliphatic heterocycles. The van der Waals surface area contributed by atoms with Crippen LogP contribution in [-0.2, 0) is 6.42 Å². The van der Waals surface area contributed by atoms with Crippen molar-refractivity contribution in [2.24, 2.45) is 4.99 Å². The van der Waals surface area contributed by atoms with Gasteiger partial charge >= 0.3 is 0 Å². The van der Waals surface area contributed by atoms with Crippen molar-refractivity contribution < 1.29 is 0 Å². The molecule has 0 spiro atoms. The molecule has 0 bridgehead atoms. The molecule has 21 heavy (non-hydrogen) atoms. The van der Waals surface area contributed by atoms with Crippen LogP contribution < -0.4 is 10.6 Å². The SMILES string of the molecule is N#CNC(=NCCc1cccc(I)c1)Nc1cccnc1. The van der Waals surface area contributed by atoms with Crippen LogP contribution in [-0.4, -0.2) is 17.5 Å². The number of hydrogen-bond acceptors (Lipinski definition) is 3. The van der Waals surface area contributed by atoms with Crippen LogP contribution in [0.1, 0.15) is 5.56 Å². The number of nitriles is 1. The molecule has 1 aromatic carbocycles. The van der Waals surface area contributed by atoms with E-state index in [1.807, 2.05) is 24.4 Å². The maximum atomic E-state index is 8.77. The van der Waals surface area contributed by atoms with E-state index in [9.17, 15) is 0 Å². The first-order valence-electron chi connectivity index (χ1n) is 6.39. The van der Waals surface area contributed by atoms with Crippen molar-refractivity contribution in [3.63, 3.8) is 0 Å². The maximum Gasteiger partial charge on any atom is 0.209 e. The molecule has 0 unspecified atom stereocenters. The normalized spacial score (nSPS) is 10.8. The van der Waals surface area contributed by atoms with Gasteiger partial charge in [-0.15, -0.1) is 0 Å². The second kappa shape index (κ2) is 8.21. The number of anilines is 1. The number of benzene rings is 1. The fourth-order valence-electron chi connectivity index (χ4n) is 1.73. The van der Waals surface area contributed by atoms with Gasteiger partial charge < -0.3 is 5.32 Å². The Morgan fingerprint density at radius 2 is 2.24 bits per heavy atom. The summed E-state index contributed by atoms with van der Waals surface area (Å²) in [7, 11) is 0. The highest BCUT2D eigenvalue weighted by atomic mass is 127. The van der Waals surface area contributed by atoms with E-state index in [0.717, 1.165) is 12.1 Å². The van der Waals surface area contributed by atoms with Gasteiger partial charge in [0.05, 0.1) is 11.9 Å². The van der Waals surface area contributed by atoms with Crippen LogP contribution in [0.5, 0.6) is 0 Å². The van der Waals surface area contributed by atoms with Crippen LogP contribution in [0, 0.1) is 15.0 Å². The van der Waals surface area contributed by atoms with Gasteiger partial charge in [-0.1, -0.05) is 12.1 Å². The van der Waals surface area contributed by atoms with Crippen LogP contribution >= 0.6 is 22.6 Å². The lowest BCUT2D eigenvalue weighted by Gasteiger charge is -2.07. The molecule has 106 valence electrons. The molecule has 0 aliphatic rings. The predicted octanol–water partition coefficient (Wildman–Crippen LogP) is 2.77. The van der Waals surface area contributed by atoms with E-state index in [4.69, 9.17) is 5.26 Å². The van der Waals surface area contributed by atoms with Gasteiger partial charge in [0.15, 0.2) is 6.19 Å². The highest BCUT2D eigenvalue weighted by Gasteiger charge is 1.99. The maximum absolute atomic E-state index is 8.77. The average molecular weight is 391 g/mol. The molecule has 0 atom stereocenters. The van der Waals surface area contributed by atoms with E-state index < -0.39 is 0 Å². The first-order chi connectivity index (χ1) is 10.3. The molecule has 1 aromatic heterocycles. The van der Waals surface area contributed by atoms with Gasteiger partial charge in [-0.25, -0.2) is 0 Å². The molecule has 0 aliphatic carbocycles. The van der Waals surface area contributed by atoms with Gasteiger partial charge in [0.2, 0.25) is 5.96 Å². The first-order valence-corrected chi connectivity index (χ1v) is 7.47. The fourth-order valence-corrected chi connectivity index (χ4v) is 2.33. The quantitative estimate of drug-likeness (QED) is 0.277. The summed E-state index contributed by atoms with van der Waals surface area (Å²) in [5.41, 5.74) is 2.01. The van der Waals surface area contributed by atoms with Crippen molar-refractivity contribution in [2.45, 2.75) is 6.42 Å². The number of rotatable bonds is 4. The molecule has 2 rings (SSSR count). The summed E-state index contributed by atoms with van der Waals surface area (Å²) in [6, 6.07) is 12.0. The van der Waals surface area contributed by atoms with Gasteiger partial charge in [-0.05, 0) is 58.8 Å². The Bertz CT molecular complexity index is 649. The minimum atomic E-state index is 0.427. The van der Waals surface area contributed by atoms with Crippen LogP contribution in [0.4, 0.5) is 5.69 Å². The molecule has 6 heteroatoms. The Kier molecular flexibility index (Phi) is 5.97. The van der Waals surface area contributed by atoms with E-state index in [0.29, 0.717) is 12.5 Å². The Morgan fingerprint density at radius 1 is 1.33 bits per heavy atom. The van der Waals surface area contributed by atoms with Crippen molar-refractivity contribution in [3.05, 3.63) is 57.9 Å². The second-order valence-electron chi connectivity index (χ2n) is 4.21. The molecule has 0 radical (unpaired) electrons. The smallest absolute Gasteiger partial charge is 0.209 e. The Labute approximate surface area is 137 Å². The van der Waals surface area contributed by atoms with Gasteiger partial charge in [0.25, 0.3) is 0 Å². The molecule has 0 amide bonds. The molecular weight excluding hydrogens is 377 g/mol. The Morgan fingerprint density at radius 3 is 2.95 bits per heavy atom. The third-order valence-electron chi connectivity index (χ3n) is 2.66. The zero-order chi connectivity index (χ0) is 14.9. The number of nitrogens with one attached hydrogen (secondary N) is 2. The number of guanidine groups is 1. The molecule has 0 saturated heterocycles. The number of aromatic nitrogens is 1. The van der Waals surface area contributed by atoms with E-state index >= 15 is 0 Å². The van der Waals surface area contributed by atoms with Crippen LogP contribution in [0.25, 0.3) is 0 Å². The summed E-state index contributed by atoms with van der Waals surface area (Å²) < 4.78 is 1.21. The Hall–Kier alpha value is -2.14. The number of halogens is 1. The minimum absolute atomic E-state index is 0.427. The van der Waals surface area contributed by atoms with Gasteiger partial charge in [0.1, 0.15) is 0 Å². The molecule has 0 fully saturated rings. The zero-order valence-electron chi connectivity index (χ0n) is 11.3. The third kappa shape index (κ3) is 5.39. The van der Waals surface area contributed by atoms with Crippen molar-refractivity contribution in [1.82, 2.24) is 10.3 Å². The lowest BCUT2D eigenvalue weighted by molar-refractivity contribution is 0.956. The molecule has 5 nitrogen and oxygen atoms in total. The van der Waals surface area contributed by atoms with Gasteiger partial charge in [0, 0.05) is 16.3 Å². The van der Waals surface area contributed by atoms with E-state index in [1.165, 1.54) is 9.13 Å². The highest BCUT2D eigenvalue weighted by molar-refractivity contribution is 14.1. The highest BCUT2D eigenvalue weighted by Crippen LogP contribution is 2.08. The van der Waals surface area contributed by atoms with Crippen molar-refractivity contribution in [3.8, 4) is 6.19 Å². The third-order valence-corrected chi connectivity index (χ3v) is 3.33. The van der Waals surface area contributed by atoms with Gasteiger partial charge in [-0.2, -0.15) is 5.26 Å². The first kappa shape index (κ1) is 15.3. The second-order valence-corrected chi connectivity index (χ2v) is 5.46. The minimum Gasteiger partial charge on any atom is -0.324 e. The van der Waals surface area contributed by atoms with E-state index in [1.54, 1.807) is 12.4 Å². The van der Waals surface area contributed by atoms with Crippen LogP contribution in [0.3, 0.4) is 0 Å². The molecule has 2 aromatic rings. The molecule has 2 N–H and O–H groups in total. The number of pyridine rings is 1. The standard InChI is InChI=1S/C15H14IN5/c16-13-4-1-3-12(9-13)6-8-19-15(20-11-17)21-14-5-2-7-18-10-14/h1-5,7,9-10H,6,8H2,(H2,19,20,21). The van der Waals surface area contributed by atoms with E-state index in [-0.39, 0.29) is 0 Å². The van der Waals surface area contributed by atoms with Crippen molar-refractivity contribution >= 4 is 34.2 Å². The molecule has 0 saturated carbocycles. The van der Waals surface area contributed by atoms with Crippen molar-refractivity contribution in [2.75, 3.05) is 11.9 Å². The van der Waals surface area contributed by atoms with E-state index in [2.05, 4.69) is 61.4 Å². The number of aliphatic imine (C=N–C) groups is 1. The lowest BCUT2D eigenvalue weighted by atomic mass is 10.2. The van der Waals surface area contributed by atoms with Crippen LogP contribution in [0.2, 0.25) is 0 Å². The monoisotopic (exact) mass is 391 g/mol. The summed E-state index contributed by atoms with van der Waals surface area (Å²) in [5, 5.41) is 14.3.